The first-order valence-corrected chi connectivity index (χ1v) is 7.83. The molecule has 1 aromatic carbocycles. The van der Waals surface area contributed by atoms with Crippen LogP contribution in [0.2, 0.25) is 0 Å². The number of aromatic nitrogens is 1. The number of para-hydroxylation sites is 2. The molecule has 0 aliphatic carbocycles. The molecule has 0 bridgehead atoms. The van der Waals surface area contributed by atoms with E-state index in [-0.39, 0.29) is 18.3 Å². The molecule has 0 spiro atoms. The van der Waals surface area contributed by atoms with Gasteiger partial charge >= 0.3 is 0 Å². The zero-order chi connectivity index (χ0) is 17.1. The van der Waals surface area contributed by atoms with Gasteiger partial charge in [-0.05, 0) is 25.5 Å². The normalized spacial score (nSPS) is 14.8. The minimum atomic E-state index is -0.242. The van der Waals surface area contributed by atoms with Crippen molar-refractivity contribution < 1.29 is 15.0 Å². The summed E-state index contributed by atoms with van der Waals surface area (Å²) in [5.74, 6) is 0.0938. The average molecular weight is 325 g/mol. The highest BCUT2D eigenvalue weighted by Gasteiger charge is 2.23. The molecular weight excluding hydrogens is 306 g/mol. The van der Waals surface area contributed by atoms with Crippen LogP contribution in [-0.4, -0.2) is 33.9 Å². The Morgan fingerprint density at radius 2 is 2.17 bits per heavy atom. The molecule has 1 aromatic heterocycles. The van der Waals surface area contributed by atoms with Crippen LogP contribution in [0.1, 0.15) is 29.7 Å². The van der Waals surface area contributed by atoms with Crippen LogP contribution in [0.25, 0.3) is 0 Å². The number of aliphatic hydroxyl groups excluding tert-OH is 1. The van der Waals surface area contributed by atoms with Crippen molar-refractivity contribution in [1.82, 2.24) is 4.98 Å². The summed E-state index contributed by atoms with van der Waals surface area (Å²) in [6, 6.07) is 7.40. The second-order valence-electron chi connectivity index (χ2n) is 5.69. The van der Waals surface area contributed by atoms with Crippen LogP contribution in [0.3, 0.4) is 0 Å². The highest BCUT2D eigenvalue weighted by Crippen LogP contribution is 2.32. The van der Waals surface area contributed by atoms with Crippen molar-refractivity contribution in [3.8, 4) is 5.75 Å². The number of anilines is 1. The molecule has 6 nitrogen and oxygen atoms in total. The molecule has 0 radical (unpaired) electrons. The minimum Gasteiger partial charge on any atom is -0.505 e. The third-order valence-corrected chi connectivity index (χ3v) is 4.11. The molecule has 3 rings (SSSR count). The van der Waals surface area contributed by atoms with Crippen molar-refractivity contribution in [2.24, 2.45) is 4.99 Å². The van der Waals surface area contributed by atoms with E-state index in [9.17, 15) is 15.0 Å². The maximum absolute atomic E-state index is 12.0. The van der Waals surface area contributed by atoms with E-state index in [1.807, 2.05) is 24.3 Å². The van der Waals surface area contributed by atoms with Crippen molar-refractivity contribution in [3.05, 3.63) is 47.3 Å². The average Bonchev–Trinajstić information content (AvgIpc) is 3.02. The molecule has 2 heterocycles. The lowest BCUT2D eigenvalue weighted by atomic mass is 10.1. The van der Waals surface area contributed by atoms with Gasteiger partial charge in [-0.15, -0.1) is 0 Å². The number of amides is 1. The van der Waals surface area contributed by atoms with Crippen LogP contribution in [0.15, 0.2) is 35.5 Å². The minimum absolute atomic E-state index is 0.0000278. The topological polar surface area (TPSA) is 86.0 Å². The van der Waals surface area contributed by atoms with E-state index in [1.165, 1.54) is 12.4 Å². The number of aryl methyl sites for hydroxylation is 1. The number of hydrogen-bond acceptors (Lipinski definition) is 5. The summed E-state index contributed by atoms with van der Waals surface area (Å²) in [6.45, 7) is 2.13. The zero-order valence-corrected chi connectivity index (χ0v) is 13.4. The van der Waals surface area contributed by atoms with E-state index in [0.717, 1.165) is 12.1 Å². The van der Waals surface area contributed by atoms with Crippen molar-refractivity contribution in [2.75, 3.05) is 11.4 Å². The lowest BCUT2D eigenvalue weighted by Crippen LogP contribution is -2.23. The molecule has 0 saturated carbocycles. The third kappa shape index (κ3) is 3.00. The Hall–Kier alpha value is -2.73. The van der Waals surface area contributed by atoms with E-state index in [0.29, 0.717) is 35.5 Å². The summed E-state index contributed by atoms with van der Waals surface area (Å²) in [4.78, 5) is 22.2. The Labute approximate surface area is 140 Å². The van der Waals surface area contributed by atoms with Gasteiger partial charge in [0.05, 0.1) is 23.7 Å². The molecule has 6 heteroatoms. The second kappa shape index (κ2) is 6.80. The molecule has 2 aromatic rings. The number of carbonyl (C=O) groups is 1. The van der Waals surface area contributed by atoms with Gasteiger partial charge in [0.2, 0.25) is 5.91 Å². The summed E-state index contributed by atoms with van der Waals surface area (Å²) in [7, 11) is 0. The lowest BCUT2D eigenvalue weighted by Gasteiger charge is -2.17. The summed E-state index contributed by atoms with van der Waals surface area (Å²) in [5, 5.41) is 19.6. The van der Waals surface area contributed by atoms with Gasteiger partial charge in [0.1, 0.15) is 5.75 Å². The fraction of sp³-hybridized carbons (Fsp3) is 0.278. The number of pyridine rings is 1. The molecule has 1 aliphatic heterocycles. The summed E-state index contributed by atoms with van der Waals surface area (Å²) in [5.41, 5.74) is 2.80. The SMILES string of the molecule is Cc1ncc(CO)c(C=Nc2ccccc2N2CCCC2=O)c1O. The quantitative estimate of drug-likeness (QED) is 0.846. The van der Waals surface area contributed by atoms with Crippen molar-refractivity contribution in [3.63, 3.8) is 0 Å². The van der Waals surface area contributed by atoms with Crippen molar-refractivity contribution in [2.45, 2.75) is 26.4 Å². The first-order chi connectivity index (χ1) is 11.6. The molecule has 0 atom stereocenters. The van der Waals surface area contributed by atoms with Gasteiger partial charge < -0.3 is 15.1 Å². The summed E-state index contributed by atoms with van der Waals surface area (Å²) in [6.07, 6.45) is 4.42. The fourth-order valence-corrected chi connectivity index (χ4v) is 2.76. The smallest absolute Gasteiger partial charge is 0.227 e. The molecule has 1 aliphatic rings. The third-order valence-electron chi connectivity index (χ3n) is 4.11. The zero-order valence-electron chi connectivity index (χ0n) is 13.4. The van der Waals surface area contributed by atoms with Gasteiger partial charge in [-0.25, -0.2) is 0 Å². The summed E-state index contributed by atoms with van der Waals surface area (Å²) >= 11 is 0. The molecule has 1 amide bonds. The predicted molar refractivity (Wildman–Crippen MR) is 91.8 cm³/mol. The van der Waals surface area contributed by atoms with Crippen LogP contribution in [0.4, 0.5) is 11.4 Å². The fourth-order valence-electron chi connectivity index (χ4n) is 2.76. The van der Waals surface area contributed by atoms with Gasteiger partial charge in [0.25, 0.3) is 0 Å². The summed E-state index contributed by atoms with van der Waals surface area (Å²) < 4.78 is 0. The van der Waals surface area contributed by atoms with Crippen LogP contribution in [0, 0.1) is 6.92 Å². The number of nitrogens with zero attached hydrogens (tertiary/aromatic N) is 3. The monoisotopic (exact) mass is 325 g/mol. The van der Waals surface area contributed by atoms with Gasteiger partial charge in [-0.1, -0.05) is 12.1 Å². The number of aliphatic imine (C=N–C) groups is 1. The van der Waals surface area contributed by atoms with Gasteiger partial charge in [-0.2, -0.15) is 0 Å². The Morgan fingerprint density at radius 1 is 1.38 bits per heavy atom. The standard InChI is InChI=1S/C18H19N3O3/c1-12-18(24)14(13(11-22)9-19-12)10-20-15-5-2-3-6-16(15)21-8-4-7-17(21)23/h2-3,5-6,9-10,22,24H,4,7-8,11H2,1H3. The van der Waals surface area contributed by atoms with Crippen molar-refractivity contribution in [1.29, 1.82) is 0 Å². The highest BCUT2D eigenvalue weighted by molar-refractivity contribution is 5.99. The van der Waals surface area contributed by atoms with Crippen LogP contribution in [0.5, 0.6) is 5.75 Å². The molecule has 2 N–H and O–H groups in total. The number of aromatic hydroxyl groups is 1. The molecule has 1 saturated heterocycles. The van der Waals surface area contributed by atoms with E-state index >= 15 is 0 Å². The van der Waals surface area contributed by atoms with Crippen LogP contribution in [-0.2, 0) is 11.4 Å². The number of hydrogen-bond donors (Lipinski definition) is 2. The van der Waals surface area contributed by atoms with Crippen molar-refractivity contribution >= 4 is 23.5 Å². The van der Waals surface area contributed by atoms with Crippen LogP contribution >= 0.6 is 0 Å². The molecule has 0 unspecified atom stereocenters. The van der Waals surface area contributed by atoms with E-state index in [4.69, 9.17) is 0 Å². The number of rotatable bonds is 4. The first-order valence-electron chi connectivity index (χ1n) is 7.83. The Kier molecular flexibility index (Phi) is 4.57. The lowest BCUT2D eigenvalue weighted by molar-refractivity contribution is -0.117. The van der Waals surface area contributed by atoms with E-state index in [2.05, 4.69) is 9.98 Å². The highest BCUT2D eigenvalue weighted by atomic mass is 16.3. The van der Waals surface area contributed by atoms with Gasteiger partial charge in [0.15, 0.2) is 0 Å². The van der Waals surface area contributed by atoms with E-state index in [1.54, 1.807) is 11.8 Å². The Bertz CT molecular complexity index is 802. The number of aliphatic hydroxyl groups is 1. The second-order valence-corrected chi connectivity index (χ2v) is 5.69. The number of benzene rings is 1. The maximum Gasteiger partial charge on any atom is 0.227 e. The Morgan fingerprint density at radius 3 is 2.88 bits per heavy atom. The molecular formula is C18H19N3O3. The Balaban J connectivity index is 1.99. The maximum atomic E-state index is 12.0. The number of carbonyl (C=O) groups excluding carboxylic acids is 1. The largest absolute Gasteiger partial charge is 0.505 e. The predicted octanol–water partition coefficient (Wildman–Crippen LogP) is 2.47. The van der Waals surface area contributed by atoms with Gasteiger partial charge in [-0.3, -0.25) is 14.8 Å². The first kappa shape index (κ1) is 16.1. The van der Waals surface area contributed by atoms with Gasteiger partial charge in [0, 0.05) is 36.5 Å². The van der Waals surface area contributed by atoms with Crippen LogP contribution < -0.4 is 4.90 Å². The molecule has 24 heavy (non-hydrogen) atoms. The van der Waals surface area contributed by atoms with E-state index < -0.39 is 0 Å². The molecule has 124 valence electrons. The molecule has 1 fully saturated rings.